The Bertz CT molecular complexity index is 1540. The summed E-state index contributed by atoms with van der Waals surface area (Å²) in [7, 11) is 1.60. The van der Waals surface area contributed by atoms with E-state index in [2.05, 4.69) is 15.6 Å². The van der Waals surface area contributed by atoms with Gasteiger partial charge in [-0.3, -0.25) is 19.3 Å². The number of hydrogen-bond donors (Lipinski definition) is 3. The van der Waals surface area contributed by atoms with Gasteiger partial charge in [-0.1, -0.05) is 12.1 Å². The van der Waals surface area contributed by atoms with Crippen LogP contribution in [0.2, 0.25) is 0 Å². The minimum absolute atomic E-state index is 0.0000315. The number of hydrogen-bond acceptors (Lipinski definition) is 5. The van der Waals surface area contributed by atoms with Crippen LogP contribution in [-0.4, -0.2) is 15.2 Å². The van der Waals surface area contributed by atoms with Crippen LogP contribution in [0, 0.1) is 11.2 Å². The SMILES string of the molecule is Cn1c(=O)/c(=C(/NCc2ccc(C(F)(F)F)cc2)Nc2ccc(F)cc2)c(=N)n2c1=NC1CCCC12. The average Bonchev–Trinajstić information content (AvgIpc) is 3.44. The fourth-order valence-electron chi connectivity index (χ4n) is 4.83. The fourth-order valence-corrected chi connectivity index (χ4v) is 4.83. The van der Waals surface area contributed by atoms with Crippen molar-refractivity contribution in [3.63, 3.8) is 0 Å². The normalized spacial score (nSPS) is 19.4. The van der Waals surface area contributed by atoms with E-state index < -0.39 is 23.1 Å². The van der Waals surface area contributed by atoms with Gasteiger partial charge in [-0.2, -0.15) is 13.2 Å². The maximum absolute atomic E-state index is 13.5. The molecule has 11 heteroatoms. The molecule has 1 saturated carbocycles. The van der Waals surface area contributed by atoms with Gasteiger partial charge in [0.15, 0.2) is 0 Å². The first-order valence-electron chi connectivity index (χ1n) is 11.5. The summed E-state index contributed by atoms with van der Waals surface area (Å²) in [5, 5.41) is 15.2. The summed E-state index contributed by atoms with van der Waals surface area (Å²) in [6.45, 7) is 0.0858. The largest absolute Gasteiger partial charge is 0.416 e. The molecule has 3 N–H and O–H groups in total. The Morgan fingerprint density at radius 1 is 1.11 bits per heavy atom. The Labute approximate surface area is 202 Å². The highest BCUT2D eigenvalue weighted by molar-refractivity contribution is 5.62. The van der Waals surface area contributed by atoms with E-state index >= 15 is 0 Å². The number of fused-ring (bicyclic) bond motifs is 3. The topological polar surface area (TPSA) is 87.2 Å². The second kappa shape index (κ2) is 8.96. The Kier molecular flexibility index (Phi) is 5.93. The van der Waals surface area contributed by atoms with Crippen LogP contribution >= 0.6 is 0 Å². The highest BCUT2D eigenvalue weighted by atomic mass is 19.4. The summed E-state index contributed by atoms with van der Waals surface area (Å²) in [6.07, 6.45) is -1.70. The van der Waals surface area contributed by atoms with Crippen molar-refractivity contribution in [2.45, 2.75) is 44.1 Å². The fraction of sp³-hybridized carbons (Fsp3) is 0.320. The lowest BCUT2D eigenvalue weighted by Gasteiger charge is -2.17. The number of aromatic nitrogens is 2. The van der Waals surface area contributed by atoms with E-state index in [1.54, 1.807) is 11.6 Å². The molecule has 1 aliphatic carbocycles. The van der Waals surface area contributed by atoms with Crippen LogP contribution in [0.1, 0.15) is 36.4 Å². The van der Waals surface area contributed by atoms with Crippen LogP contribution in [0.4, 0.5) is 23.2 Å². The van der Waals surface area contributed by atoms with Crippen LogP contribution in [0.15, 0.2) is 58.3 Å². The predicted octanol–water partition coefficient (Wildman–Crippen LogP) is 2.52. The second-order valence-electron chi connectivity index (χ2n) is 9.01. The maximum atomic E-state index is 13.5. The quantitative estimate of drug-likeness (QED) is 0.471. The molecule has 7 nitrogen and oxygen atoms in total. The third-order valence-corrected chi connectivity index (χ3v) is 6.68. The molecule has 2 aromatic carbocycles. The molecule has 36 heavy (non-hydrogen) atoms. The van der Waals surface area contributed by atoms with E-state index in [1.165, 1.54) is 41.0 Å². The van der Waals surface area contributed by atoms with Gasteiger partial charge >= 0.3 is 6.18 Å². The van der Waals surface area contributed by atoms with Crippen LogP contribution < -0.4 is 32.5 Å². The lowest BCUT2D eigenvalue weighted by atomic mass is 10.1. The molecule has 2 aliphatic rings. The summed E-state index contributed by atoms with van der Waals surface area (Å²) >= 11 is 0. The summed E-state index contributed by atoms with van der Waals surface area (Å²) in [5.74, 6) is -0.234. The van der Waals surface area contributed by atoms with Crippen molar-refractivity contribution in [1.82, 2.24) is 14.5 Å². The molecule has 1 aliphatic heterocycles. The number of nitrogens with one attached hydrogen (secondary N) is 3. The van der Waals surface area contributed by atoms with Crippen LogP contribution in [0.3, 0.4) is 0 Å². The second-order valence-corrected chi connectivity index (χ2v) is 9.01. The van der Waals surface area contributed by atoms with E-state index in [1.807, 2.05) is 0 Å². The van der Waals surface area contributed by atoms with E-state index in [0.717, 1.165) is 31.4 Å². The molecule has 2 unspecified atom stereocenters. The zero-order chi connectivity index (χ0) is 25.6. The van der Waals surface area contributed by atoms with Gasteiger partial charge in [0.2, 0.25) is 5.62 Å². The third-order valence-electron chi connectivity index (χ3n) is 6.68. The van der Waals surface area contributed by atoms with Crippen molar-refractivity contribution in [2.75, 3.05) is 5.32 Å². The first-order valence-corrected chi connectivity index (χ1v) is 11.5. The summed E-state index contributed by atoms with van der Waals surface area (Å²) in [6, 6.07) is 10.2. The minimum Gasteiger partial charge on any atom is -0.367 e. The number of anilines is 1. The number of benzene rings is 2. The van der Waals surface area contributed by atoms with Gasteiger partial charge in [-0.25, -0.2) is 9.38 Å². The van der Waals surface area contributed by atoms with E-state index in [-0.39, 0.29) is 35.2 Å². The lowest BCUT2D eigenvalue weighted by Crippen LogP contribution is -2.59. The number of nitrogens with zero attached hydrogens (tertiary/aromatic N) is 3. The Balaban J connectivity index is 1.61. The van der Waals surface area contributed by atoms with Crippen molar-refractivity contribution in [3.8, 4) is 0 Å². The van der Waals surface area contributed by atoms with Crippen molar-refractivity contribution in [3.05, 3.63) is 92.2 Å². The van der Waals surface area contributed by atoms with Crippen LogP contribution in [0.25, 0.3) is 5.82 Å². The van der Waals surface area contributed by atoms with Gasteiger partial charge in [0.1, 0.15) is 22.3 Å². The zero-order valence-electron chi connectivity index (χ0n) is 19.4. The van der Waals surface area contributed by atoms with Crippen molar-refractivity contribution in [2.24, 2.45) is 12.0 Å². The van der Waals surface area contributed by atoms with Crippen molar-refractivity contribution in [1.29, 1.82) is 5.41 Å². The Morgan fingerprint density at radius 3 is 2.47 bits per heavy atom. The molecule has 188 valence electrons. The molecule has 1 fully saturated rings. The number of halogens is 4. The average molecular weight is 501 g/mol. The van der Waals surface area contributed by atoms with Gasteiger partial charge in [0.25, 0.3) is 5.56 Å². The Hall–Kier alpha value is -3.89. The van der Waals surface area contributed by atoms with E-state index in [0.29, 0.717) is 16.9 Å². The first kappa shape index (κ1) is 23.8. The van der Waals surface area contributed by atoms with Gasteiger partial charge in [-0.15, -0.1) is 0 Å². The smallest absolute Gasteiger partial charge is 0.367 e. The molecule has 0 saturated heterocycles. The molecule has 0 spiro atoms. The molecule has 2 heterocycles. The van der Waals surface area contributed by atoms with Crippen molar-refractivity contribution >= 4 is 11.5 Å². The molecule has 0 amide bonds. The predicted molar refractivity (Wildman–Crippen MR) is 125 cm³/mol. The lowest BCUT2D eigenvalue weighted by molar-refractivity contribution is -0.137. The third kappa shape index (κ3) is 4.29. The first-order chi connectivity index (χ1) is 17.1. The highest BCUT2D eigenvalue weighted by Crippen LogP contribution is 2.32. The Morgan fingerprint density at radius 2 is 1.81 bits per heavy atom. The molecule has 3 aromatic rings. The van der Waals surface area contributed by atoms with Crippen LogP contribution in [0.5, 0.6) is 0 Å². The molecular formula is C25H24F4N6O. The van der Waals surface area contributed by atoms with E-state index in [9.17, 15) is 22.4 Å². The maximum Gasteiger partial charge on any atom is 0.416 e. The van der Waals surface area contributed by atoms with Gasteiger partial charge in [-0.05, 0) is 61.2 Å². The molecular weight excluding hydrogens is 476 g/mol. The van der Waals surface area contributed by atoms with E-state index in [4.69, 9.17) is 5.41 Å². The summed E-state index contributed by atoms with van der Waals surface area (Å²) in [5.41, 5.74) is 0.265. The summed E-state index contributed by atoms with van der Waals surface area (Å²) < 4.78 is 55.4. The molecule has 0 radical (unpaired) electrons. The number of rotatable bonds is 5. The standard InChI is InChI=1S/C25H24F4N6O/c1-34-23(36)20(21(30)35-19-4-2-3-18(19)33-24(34)35)22(32-17-11-9-16(26)10-12-17)31-13-14-5-7-15(8-6-14)25(27,28)29/h5-12,18-19,30-32H,2-4,13H2,1H3/b22-20-,30-21?. The molecule has 2 atom stereocenters. The molecule has 5 rings (SSSR count). The van der Waals surface area contributed by atoms with Crippen LogP contribution in [-0.2, 0) is 19.8 Å². The monoisotopic (exact) mass is 500 g/mol. The molecule has 0 bridgehead atoms. The highest BCUT2D eigenvalue weighted by Gasteiger charge is 2.35. The minimum atomic E-state index is -4.44. The summed E-state index contributed by atoms with van der Waals surface area (Å²) in [4.78, 5) is 18.1. The zero-order valence-corrected chi connectivity index (χ0v) is 19.4. The molecule has 1 aromatic heterocycles. The van der Waals surface area contributed by atoms with Gasteiger partial charge < -0.3 is 10.6 Å². The van der Waals surface area contributed by atoms with Crippen molar-refractivity contribution < 1.29 is 17.6 Å². The number of alkyl halides is 3. The van der Waals surface area contributed by atoms with Gasteiger partial charge in [0, 0.05) is 19.3 Å². The van der Waals surface area contributed by atoms with Gasteiger partial charge in [0.05, 0.1) is 17.6 Å².